The Morgan fingerprint density at radius 3 is 2.74 bits per heavy atom. The van der Waals surface area contributed by atoms with Crippen LogP contribution in [0.4, 0.5) is 0 Å². The average molecular weight is 441 g/mol. The van der Waals surface area contributed by atoms with Crippen molar-refractivity contribution >= 4 is 22.5 Å². The van der Waals surface area contributed by atoms with E-state index in [1.807, 2.05) is 19.1 Å². The fraction of sp³-hybridized carbons (Fsp3) is 0.440. The second kappa shape index (κ2) is 7.82. The normalized spacial score (nSPS) is 21.8. The van der Waals surface area contributed by atoms with Crippen LogP contribution in [0.1, 0.15) is 53.9 Å². The lowest BCUT2D eigenvalue weighted by molar-refractivity contribution is -0.0587. The summed E-state index contributed by atoms with van der Waals surface area (Å²) in [4.78, 5) is 5.72. The monoisotopic (exact) mass is 440 g/mol. The molecule has 31 heavy (non-hydrogen) atoms. The van der Waals surface area contributed by atoms with Gasteiger partial charge in [0, 0.05) is 58.8 Å². The van der Waals surface area contributed by atoms with E-state index in [9.17, 15) is 10.2 Å². The Kier molecular flexibility index (Phi) is 5.25. The molecule has 0 aliphatic carbocycles. The third kappa shape index (κ3) is 3.85. The van der Waals surface area contributed by atoms with E-state index in [4.69, 9.17) is 16.3 Å². The molecular weight excluding hydrogens is 412 g/mol. The molecule has 5 nitrogen and oxygen atoms in total. The first-order chi connectivity index (χ1) is 14.8. The quantitative estimate of drug-likeness (QED) is 0.546. The Balaban J connectivity index is 1.27. The van der Waals surface area contributed by atoms with Crippen molar-refractivity contribution in [2.75, 3.05) is 19.6 Å². The first-order valence-corrected chi connectivity index (χ1v) is 11.4. The third-order valence-corrected chi connectivity index (χ3v) is 7.18. The molecule has 0 saturated carbocycles. The number of ether oxygens (including phenoxy) is 1. The Labute approximate surface area is 187 Å². The summed E-state index contributed by atoms with van der Waals surface area (Å²) in [6.07, 6.45) is 1.12. The Hall–Kier alpha value is -2.05. The van der Waals surface area contributed by atoms with Crippen LogP contribution in [0, 0.1) is 13.8 Å². The van der Waals surface area contributed by atoms with E-state index < -0.39 is 12.2 Å². The van der Waals surface area contributed by atoms with Crippen LogP contribution in [0.3, 0.4) is 0 Å². The van der Waals surface area contributed by atoms with E-state index in [1.54, 1.807) is 6.07 Å². The highest BCUT2D eigenvalue weighted by atomic mass is 35.5. The van der Waals surface area contributed by atoms with Gasteiger partial charge in [0.05, 0.1) is 12.2 Å². The molecule has 3 N–H and O–H groups in total. The van der Waals surface area contributed by atoms with Gasteiger partial charge in [-0.1, -0.05) is 23.7 Å². The number of rotatable bonds is 3. The predicted molar refractivity (Wildman–Crippen MR) is 123 cm³/mol. The van der Waals surface area contributed by atoms with Gasteiger partial charge in [0.2, 0.25) is 0 Å². The minimum absolute atomic E-state index is 0.351. The van der Waals surface area contributed by atoms with Crippen LogP contribution in [-0.4, -0.2) is 45.3 Å². The summed E-state index contributed by atoms with van der Waals surface area (Å²) >= 11 is 6.08. The Bertz CT molecular complexity index is 1120. The minimum atomic E-state index is -0.558. The lowest BCUT2D eigenvalue weighted by Crippen LogP contribution is -2.51. The van der Waals surface area contributed by atoms with Crippen LogP contribution in [0.15, 0.2) is 36.4 Å². The van der Waals surface area contributed by atoms with Crippen molar-refractivity contribution in [3.05, 3.63) is 63.8 Å². The number of halogens is 1. The van der Waals surface area contributed by atoms with Gasteiger partial charge in [0.15, 0.2) is 0 Å². The fourth-order valence-electron chi connectivity index (χ4n) is 5.29. The van der Waals surface area contributed by atoms with Gasteiger partial charge in [-0.2, -0.15) is 0 Å². The number of likely N-dealkylation sites (tertiary alicyclic amines) is 1. The van der Waals surface area contributed by atoms with Gasteiger partial charge in [0.1, 0.15) is 11.4 Å². The summed E-state index contributed by atoms with van der Waals surface area (Å²) in [7, 11) is 0. The minimum Gasteiger partial charge on any atom is -0.487 e. The molecule has 2 aliphatic rings. The molecule has 2 atom stereocenters. The number of hydrogen-bond donors (Lipinski definition) is 3. The van der Waals surface area contributed by atoms with E-state index in [1.165, 1.54) is 5.56 Å². The molecule has 1 aromatic heterocycles. The number of piperidine rings is 1. The van der Waals surface area contributed by atoms with Crippen molar-refractivity contribution in [2.24, 2.45) is 0 Å². The zero-order valence-electron chi connectivity index (χ0n) is 18.0. The van der Waals surface area contributed by atoms with Crippen molar-refractivity contribution in [3.63, 3.8) is 0 Å². The van der Waals surface area contributed by atoms with Crippen LogP contribution in [0.25, 0.3) is 10.9 Å². The van der Waals surface area contributed by atoms with Gasteiger partial charge >= 0.3 is 0 Å². The fourth-order valence-corrected chi connectivity index (χ4v) is 5.47. The van der Waals surface area contributed by atoms with Crippen molar-refractivity contribution in [1.29, 1.82) is 0 Å². The molecule has 1 saturated heterocycles. The summed E-state index contributed by atoms with van der Waals surface area (Å²) in [6.45, 7) is 6.35. The number of aliphatic hydroxyl groups is 2. The molecule has 164 valence electrons. The van der Waals surface area contributed by atoms with E-state index >= 15 is 0 Å². The number of aryl methyl sites for hydroxylation is 2. The number of benzene rings is 2. The molecule has 3 heterocycles. The summed E-state index contributed by atoms with van der Waals surface area (Å²) in [5, 5.41) is 23.5. The first-order valence-electron chi connectivity index (χ1n) is 11.0. The molecule has 2 aromatic carbocycles. The lowest BCUT2D eigenvalue weighted by atomic mass is 9.81. The van der Waals surface area contributed by atoms with Crippen LogP contribution >= 0.6 is 11.6 Å². The topological polar surface area (TPSA) is 68.7 Å². The van der Waals surface area contributed by atoms with Crippen LogP contribution < -0.4 is 4.74 Å². The predicted octanol–water partition coefficient (Wildman–Crippen LogP) is 4.82. The molecule has 0 amide bonds. The molecule has 3 aromatic rings. The van der Waals surface area contributed by atoms with E-state index in [0.29, 0.717) is 18.0 Å². The smallest absolute Gasteiger partial charge is 0.126 e. The summed E-state index contributed by atoms with van der Waals surface area (Å²) < 4.78 is 6.39. The number of aromatic nitrogens is 1. The SMILES string of the molecule is Cc1ccc2c(C(O)CN3CCC4(CC3)CC(O)c3cc(Cl)ccc3O4)c(C)[nH]c2c1. The number of nitrogens with one attached hydrogen (secondary N) is 1. The largest absolute Gasteiger partial charge is 0.487 e. The number of fused-ring (bicyclic) bond motifs is 2. The van der Waals surface area contributed by atoms with E-state index in [0.717, 1.165) is 59.4 Å². The van der Waals surface area contributed by atoms with Gasteiger partial charge in [0.25, 0.3) is 0 Å². The zero-order valence-corrected chi connectivity index (χ0v) is 18.7. The Morgan fingerprint density at radius 1 is 1.19 bits per heavy atom. The summed E-state index contributed by atoms with van der Waals surface area (Å²) in [5.41, 5.74) is 4.72. The van der Waals surface area contributed by atoms with Crippen molar-refractivity contribution in [2.45, 2.75) is 50.9 Å². The molecule has 0 bridgehead atoms. The molecule has 5 rings (SSSR count). The molecule has 1 fully saturated rings. The second-order valence-corrected chi connectivity index (χ2v) is 9.65. The van der Waals surface area contributed by atoms with Crippen molar-refractivity contribution < 1.29 is 14.9 Å². The van der Waals surface area contributed by atoms with Gasteiger partial charge in [-0.3, -0.25) is 0 Å². The van der Waals surface area contributed by atoms with Crippen molar-refractivity contribution in [1.82, 2.24) is 9.88 Å². The summed E-state index contributed by atoms with van der Waals surface area (Å²) in [6, 6.07) is 11.8. The maximum absolute atomic E-state index is 11.1. The van der Waals surface area contributed by atoms with E-state index in [-0.39, 0.29) is 5.60 Å². The number of H-pyrrole nitrogens is 1. The van der Waals surface area contributed by atoms with Crippen LogP contribution in [-0.2, 0) is 0 Å². The third-order valence-electron chi connectivity index (χ3n) is 6.95. The first kappa shape index (κ1) is 20.8. The average Bonchev–Trinajstić information content (AvgIpc) is 3.05. The Morgan fingerprint density at radius 2 is 1.97 bits per heavy atom. The highest BCUT2D eigenvalue weighted by molar-refractivity contribution is 6.30. The highest BCUT2D eigenvalue weighted by Gasteiger charge is 2.43. The number of β-amino-alcohol motifs (C(OH)–C–C–N with tert-alkyl or cyclic N) is 1. The molecular formula is C25H29ClN2O3. The molecule has 2 unspecified atom stereocenters. The highest BCUT2D eigenvalue weighted by Crippen LogP contribution is 2.45. The van der Waals surface area contributed by atoms with Gasteiger partial charge < -0.3 is 24.8 Å². The molecule has 6 heteroatoms. The zero-order chi connectivity index (χ0) is 21.8. The maximum Gasteiger partial charge on any atom is 0.126 e. The van der Waals surface area contributed by atoms with Crippen molar-refractivity contribution in [3.8, 4) is 5.75 Å². The van der Waals surface area contributed by atoms with Gasteiger partial charge in [-0.15, -0.1) is 0 Å². The maximum atomic E-state index is 11.1. The second-order valence-electron chi connectivity index (χ2n) is 9.22. The molecule has 1 spiro atoms. The number of hydrogen-bond acceptors (Lipinski definition) is 4. The van der Waals surface area contributed by atoms with Crippen LogP contribution in [0.5, 0.6) is 5.75 Å². The summed E-state index contributed by atoms with van der Waals surface area (Å²) in [5.74, 6) is 0.737. The molecule has 0 radical (unpaired) electrons. The number of aromatic amines is 1. The lowest BCUT2D eigenvalue weighted by Gasteiger charge is -2.46. The number of nitrogens with zero attached hydrogens (tertiary/aromatic N) is 1. The van der Waals surface area contributed by atoms with Gasteiger partial charge in [-0.25, -0.2) is 0 Å². The standard InChI is InChI=1S/C25H29ClN2O3/c1-15-3-5-18-20(11-15)27-16(2)24(18)22(30)14-28-9-7-25(8-10-28)13-21(29)19-12-17(26)4-6-23(19)31-25/h3-6,11-12,21-22,27,29-30H,7-10,13-14H2,1-2H3. The number of aliphatic hydroxyl groups excluding tert-OH is 2. The van der Waals surface area contributed by atoms with E-state index in [2.05, 4.69) is 35.0 Å². The van der Waals surface area contributed by atoms with Crippen LogP contribution in [0.2, 0.25) is 5.02 Å². The molecule has 2 aliphatic heterocycles. The van der Waals surface area contributed by atoms with Gasteiger partial charge in [-0.05, 0) is 56.5 Å².